The molecule has 3 N–H and O–H groups in total. The number of nitrogens with zero attached hydrogens (tertiary/aromatic N) is 2. The SMILES string of the molecule is CCOC(=O)[C@H](CO)C[C@@H](Cc1ccc(-c2ccccc2)cc1)NC(=O)c1n[nH]c(Cl)n1. The lowest BCUT2D eigenvalue weighted by molar-refractivity contribution is -0.149. The van der Waals surface area contributed by atoms with E-state index >= 15 is 0 Å². The van der Waals surface area contributed by atoms with Crippen molar-refractivity contribution >= 4 is 23.5 Å². The normalized spacial score (nSPS) is 12.7. The molecular formula is C23H25ClN4O4. The number of nitrogens with one attached hydrogen (secondary N) is 2. The molecule has 3 aromatic rings. The van der Waals surface area contributed by atoms with Gasteiger partial charge in [-0.1, -0.05) is 54.6 Å². The van der Waals surface area contributed by atoms with E-state index in [4.69, 9.17) is 16.3 Å². The molecule has 0 aliphatic rings. The Morgan fingerprint density at radius 1 is 1.12 bits per heavy atom. The van der Waals surface area contributed by atoms with Crippen LogP contribution in [0, 0.1) is 5.92 Å². The molecule has 0 saturated heterocycles. The van der Waals surface area contributed by atoms with Crippen molar-refractivity contribution < 1.29 is 19.4 Å². The lowest BCUT2D eigenvalue weighted by Gasteiger charge is -2.22. The van der Waals surface area contributed by atoms with Crippen LogP contribution in [0.3, 0.4) is 0 Å². The predicted molar refractivity (Wildman–Crippen MR) is 120 cm³/mol. The highest BCUT2D eigenvalue weighted by atomic mass is 35.5. The number of aromatic amines is 1. The summed E-state index contributed by atoms with van der Waals surface area (Å²) in [5.41, 5.74) is 3.14. The first-order chi connectivity index (χ1) is 15.5. The number of H-pyrrole nitrogens is 1. The third-order valence-corrected chi connectivity index (χ3v) is 5.12. The van der Waals surface area contributed by atoms with Gasteiger partial charge in [0.1, 0.15) is 0 Å². The zero-order valence-corrected chi connectivity index (χ0v) is 18.4. The lowest BCUT2D eigenvalue weighted by atomic mass is 9.94. The number of benzene rings is 2. The number of aromatic nitrogens is 3. The van der Waals surface area contributed by atoms with Crippen LogP contribution in [0.2, 0.25) is 5.28 Å². The van der Waals surface area contributed by atoms with Gasteiger partial charge in [-0.3, -0.25) is 9.59 Å². The van der Waals surface area contributed by atoms with Gasteiger partial charge in [-0.25, -0.2) is 5.10 Å². The van der Waals surface area contributed by atoms with Gasteiger partial charge in [-0.15, -0.1) is 5.10 Å². The molecule has 0 aliphatic carbocycles. The Morgan fingerprint density at radius 2 is 1.81 bits per heavy atom. The number of ether oxygens (including phenoxy) is 1. The number of amides is 1. The van der Waals surface area contributed by atoms with Gasteiger partial charge in [-0.05, 0) is 48.1 Å². The van der Waals surface area contributed by atoms with Crippen LogP contribution >= 0.6 is 11.6 Å². The molecule has 9 heteroatoms. The molecule has 0 aliphatic heterocycles. The van der Waals surface area contributed by atoms with Gasteiger partial charge < -0.3 is 15.2 Å². The summed E-state index contributed by atoms with van der Waals surface area (Å²) in [6, 6.07) is 17.5. The monoisotopic (exact) mass is 456 g/mol. The Kier molecular flexibility index (Phi) is 8.35. The molecule has 1 amide bonds. The highest BCUT2D eigenvalue weighted by molar-refractivity contribution is 6.28. The molecule has 0 radical (unpaired) electrons. The van der Waals surface area contributed by atoms with Crippen molar-refractivity contribution in [2.75, 3.05) is 13.2 Å². The largest absolute Gasteiger partial charge is 0.466 e. The molecule has 0 unspecified atom stereocenters. The van der Waals surface area contributed by atoms with E-state index in [1.165, 1.54) is 0 Å². The first-order valence-corrected chi connectivity index (χ1v) is 10.7. The summed E-state index contributed by atoms with van der Waals surface area (Å²) in [4.78, 5) is 28.6. The van der Waals surface area contributed by atoms with Crippen molar-refractivity contribution in [2.24, 2.45) is 5.92 Å². The van der Waals surface area contributed by atoms with Crippen LogP contribution in [0.25, 0.3) is 11.1 Å². The van der Waals surface area contributed by atoms with E-state index in [9.17, 15) is 14.7 Å². The first-order valence-electron chi connectivity index (χ1n) is 10.3. The maximum atomic E-state index is 12.6. The number of carbonyl (C=O) groups excluding carboxylic acids is 2. The molecule has 3 rings (SSSR count). The van der Waals surface area contributed by atoms with Crippen LogP contribution in [0.1, 0.15) is 29.5 Å². The van der Waals surface area contributed by atoms with E-state index in [2.05, 4.69) is 20.5 Å². The minimum Gasteiger partial charge on any atom is -0.466 e. The standard InChI is InChI=1S/C23H25ClN4O4/c1-2-32-22(31)18(14-29)13-19(25-21(30)20-26-23(24)28-27-20)12-15-8-10-17(11-9-15)16-6-4-3-5-7-16/h3-11,18-19,29H,2,12-14H2,1H3,(H,25,30)(H,26,27,28)/t18-,19+/m0/s1. The quantitative estimate of drug-likeness (QED) is 0.404. The molecule has 8 nitrogen and oxygen atoms in total. The molecule has 1 heterocycles. The summed E-state index contributed by atoms with van der Waals surface area (Å²) in [6.07, 6.45) is 0.633. The molecule has 0 spiro atoms. The number of aliphatic hydroxyl groups excluding tert-OH is 1. The molecule has 1 aromatic heterocycles. The second-order valence-electron chi connectivity index (χ2n) is 7.25. The minimum atomic E-state index is -0.764. The van der Waals surface area contributed by atoms with Gasteiger partial charge >= 0.3 is 5.97 Å². The lowest BCUT2D eigenvalue weighted by Crippen LogP contribution is -2.40. The first kappa shape index (κ1) is 23.4. The maximum absolute atomic E-state index is 12.6. The van der Waals surface area contributed by atoms with Crippen LogP contribution in [0.5, 0.6) is 0 Å². The fourth-order valence-electron chi connectivity index (χ4n) is 3.38. The van der Waals surface area contributed by atoms with Gasteiger partial charge in [-0.2, -0.15) is 4.98 Å². The van der Waals surface area contributed by atoms with Crippen LogP contribution in [0.15, 0.2) is 54.6 Å². The third-order valence-electron chi connectivity index (χ3n) is 4.95. The number of aliphatic hydroxyl groups is 1. The van der Waals surface area contributed by atoms with Gasteiger partial charge in [0.15, 0.2) is 0 Å². The van der Waals surface area contributed by atoms with Gasteiger partial charge in [0.05, 0.1) is 19.1 Å². The minimum absolute atomic E-state index is 0.00274. The maximum Gasteiger partial charge on any atom is 0.311 e. The molecular weight excluding hydrogens is 432 g/mol. The van der Waals surface area contributed by atoms with Crippen molar-refractivity contribution in [3.63, 3.8) is 0 Å². The van der Waals surface area contributed by atoms with E-state index in [-0.39, 0.29) is 30.7 Å². The van der Waals surface area contributed by atoms with Gasteiger partial charge in [0.2, 0.25) is 11.1 Å². The zero-order chi connectivity index (χ0) is 22.9. The second-order valence-corrected chi connectivity index (χ2v) is 7.61. The number of halogens is 1. The summed E-state index contributed by atoms with van der Waals surface area (Å²) in [5.74, 6) is -1.90. The smallest absolute Gasteiger partial charge is 0.311 e. The average Bonchev–Trinajstić information content (AvgIpc) is 3.25. The molecule has 2 atom stereocenters. The molecule has 32 heavy (non-hydrogen) atoms. The van der Waals surface area contributed by atoms with Crippen molar-refractivity contribution in [3.05, 3.63) is 71.3 Å². The number of esters is 1. The number of rotatable bonds is 10. The average molecular weight is 457 g/mol. The highest BCUT2D eigenvalue weighted by Crippen LogP contribution is 2.21. The van der Waals surface area contributed by atoms with Crippen LogP contribution in [0.4, 0.5) is 0 Å². The number of carbonyl (C=O) groups is 2. The van der Waals surface area contributed by atoms with E-state index in [1.807, 2.05) is 54.6 Å². The van der Waals surface area contributed by atoms with Gasteiger partial charge in [0, 0.05) is 6.04 Å². The Hall–Kier alpha value is -3.23. The van der Waals surface area contributed by atoms with Crippen molar-refractivity contribution in [3.8, 4) is 11.1 Å². The molecule has 0 saturated carbocycles. The molecule has 168 valence electrons. The van der Waals surface area contributed by atoms with Crippen molar-refractivity contribution in [2.45, 2.75) is 25.8 Å². The predicted octanol–water partition coefficient (Wildman–Crippen LogP) is 3.03. The summed E-state index contributed by atoms with van der Waals surface area (Å²) >= 11 is 5.72. The van der Waals surface area contributed by atoms with Crippen molar-refractivity contribution in [1.82, 2.24) is 20.5 Å². The van der Waals surface area contributed by atoms with Crippen LogP contribution < -0.4 is 5.32 Å². The Balaban J connectivity index is 1.76. The zero-order valence-electron chi connectivity index (χ0n) is 17.6. The van der Waals surface area contributed by atoms with Crippen LogP contribution in [-0.4, -0.2) is 51.4 Å². The summed E-state index contributed by atoms with van der Waals surface area (Å²) < 4.78 is 5.04. The summed E-state index contributed by atoms with van der Waals surface area (Å²) in [6.45, 7) is 1.53. The molecule has 0 bridgehead atoms. The van der Waals surface area contributed by atoms with E-state index in [0.717, 1.165) is 16.7 Å². The fourth-order valence-corrected chi connectivity index (χ4v) is 3.51. The summed E-state index contributed by atoms with van der Waals surface area (Å²) in [5, 5.41) is 18.7. The molecule has 0 fully saturated rings. The highest BCUT2D eigenvalue weighted by Gasteiger charge is 2.26. The van der Waals surface area contributed by atoms with Crippen LogP contribution in [-0.2, 0) is 16.0 Å². The van der Waals surface area contributed by atoms with Crippen molar-refractivity contribution in [1.29, 1.82) is 0 Å². The topological polar surface area (TPSA) is 117 Å². The summed E-state index contributed by atoms with van der Waals surface area (Å²) in [7, 11) is 0. The Bertz CT molecular complexity index is 1020. The second kappa shape index (κ2) is 11.4. The van der Waals surface area contributed by atoms with E-state index < -0.39 is 23.8 Å². The third kappa shape index (κ3) is 6.38. The fraction of sp³-hybridized carbons (Fsp3) is 0.304. The number of hydrogen-bond acceptors (Lipinski definition) is 6. The van der Waals surface area contributed by atoms with E-state index in [1.54, 1.807) is 6.92 Å². The van der Waals surface area contributed by atoms with Gasteiger partial charge in [0.25, 0.3) is 5.91 Å². The molecule has 2 aromatic carbocycles. The van der Waals surface area contributed by atoms with E-state index in [0.29, 0.717) is 6.42 Å². The Labute approximate surface area is 191 Å². The number of hydrogen-bond donors (Lipinski definition) is 3. The Morgan fingerprint density at radius 3 is 2.41 bits per heavy atom.